The number of rotatable bonds is 4. The number of hydrogen-bond donors (Lipinski definition) is 1. The Morgan fingerprint density at radius 2 is 1.93 bits per heavy atom. The maximum absolute atomic E-state index is 14.1. The molecule has 0 bridgehead atoms. The van der Waals surface area contributed by atoms with Gasteiger partial charge in [-0.3, -0.25) is 19.9 Å². The topological polar surface area (TPSA) is 55.9 Å². The van der Waals surface area contributed by atoms with Gasteiger partial charge in [-0.15, -0.1) is 0 Å². The van der Waals surface area contributed by atoms with E-state index in [0.29, 0.717) is 13.1 Å². The molecule has 2 aliphatic rings. The van der Waals surface area contributed by atoms with Gasteiger partial charge in [-0.1, -0.05) is 30.0 Å². The molecule has 2 aliphatic heterocycles. The van der Waals surface area contributed by atoms with Gasteiger partial charge in [0.1, 0.15) is 16.7 Å². The molecule has 0 atom stereocenters. The van der Waals surface area contributed by atoms with E-state index in [9.17, 15) is 27.2 Å². The predicted molar refractivity (Wildman–Crippen MR) is 108 cm³/mol. The summed E-state index contributed by atoms with van der Waals surface area (Å²) in [6.07, 6.45) is -3.96. The molecule has 0 spiro atoms. The molecular formula is C18H18F4N4O2S2. The van der Waals surface area contributed by atoms with Gasteiger partial charge in [0.25, 0.3) is 11.8 Å². The molecule has 1 aromatic carbocycles. The number of piperazine rings is 1. The van der Waals surface area contributed by atoms with Crippen LogP contribution < -0.4 is 5.43 Å². The normalized spacial score (nSPS) is 20.3. The Balaban J connectivity index is 1.73. The molecule has 0 unspecified atom stereocenters. The average Bonchev–Trinajstić information content (AvgIpc) is 2.92. The first-order valence-electron chi connectivity index (χ1n) is 8.90. The number of alkyl halides is 3. The van der Waals surface area contributed by atoms with Crippen LogP contribution in [0, 0.1) is 5.82 Å². The van der Waals surface area contributed by atoms with Crippen LogP contribution in [0.2, 0.25) is 0 Å². The molecule has 1 N–H and O–H groups in total. The summed E-state index contributed by atoms with van der Waals surface area (Å²) in [7, 11) is 1.96. The van der Waals surface area contributed by atoms with Crippen LogP contribution in [0.3, 0.4) is 0 Å². The summed E-state index contributed by atoms with van der Waals surface area (Å²) in [5.41, 5.74) is 0.750. The molecule has 2 amide bonds. The molecule has 2 heterocycles. The number of amides is 2. The zero-order chi connectivity index (χ0) is 22.1. The van der Waals surface area contributed by atoms with Gasteiger partial charge < -0.3 is 4.90 Å². The van der Waals surface area contributed by atoms with Gasteiger partial charge in [-0.2, -0.15) is 13.2 Å². The van der Waals surface area contributed by atoms with Crippen molar-refractivity contribution in [1.29, 1.82) is 0 Å². The Bertz CT molecular complexity index is 899. The fourth-order valence-electron chi connectivity index (χ4n) is 2.97. The number of hydrogen-bond acceptors (Lipinski definition) is 6. The second-order valence-electron chi connectivity index (χ2n) is 6.79. The summed E-state index contributed by atoms with van der Waals surface area (Å²) in [6.45, 7) is 2.41. The third-order valence-corrected chi connectivity index (χ3v) is 5.97. The predicted octanol–water partition coefficient (Wildman–Crippen LogP) is 2.32. The van der Waals surface area contributed by atoms with Crippen molar-refractivity contribution < 1.29 is 27.2 Å². The van der Waals surface area contributed by atoms with E-state index in [4.69, 9.17) is 12.2 Å². The summed E-state index contributed by atoms with van der Waals surface area (Å²) < 4.78 is 53.6. The Hall–Kier alpha value is -2.02. The minimum atomic E-state index is -4.79. The van der Waals surface area contributed by atoms with Crippen LogP contribution in [0.4, 0.5) is 17.6 Å². The van der Waals surface area contributed by atoms with Gasteiger partial charge in [0.2, 0.25) is 0 Å². The quantitative estimate of drug-likeness (QED) is 0.421. The molecular weight excluding hydrogens is 444 g/mol. The summed E-state index contributed by atoms with van der Waals surface area (Å²) >= 11 is 5.83. The zero-order valence-corrected chi connectivity index (χ0v) is 17.5. The Morgan fingerprint density at radius 3 is 2.57 bits per heavy atom. The monoisotopic (exact) mass is 462 g/mol. The highest BCUT2D eigenvalue weighted by Gasteiger charge is 2.37. The van der Waals surface area contributed by atoms with Crippen molar-refractivity contribution in [3.8, 4) is 0 Å². The van der Waals surface area contributed by atoms with Gasteiger partial charge in [-0.25, -0.2) is 9.40 Å². The molecule has 2 fully saturated rings. The molecule has 6 nitrogen and oxygen atoms in total. The van der Waals surface area contributed by atoms with Gasteiger partial charge in [0, 0.05) is 31.7 Å². The molecule has 0 aromatic heterocycles. The van der Waals surface area contributed by atoms with Crippen molar-refractivity contribution in [1.82, 2.24) is 20.2 Å². The number of thiocarbonyl (C=S) groups is 1. The molecule has 0 saturated carbocycles. The van der Waals surface area contributed by atoms with E-state index in [1.807, 2.05) is 7.05 Å². The number of carbonyl (C=O) groups excluding carboxylic acids is 2. The first-order valence-corrected chi connectivity index (χ1v) is 10.1. The maximum atomic E-state index is 14.1. The number of hydrazine groups is 1. The van der Waals surface area contributed by atoms with Crippen molar-refractivity contribution in [2.75, 3.05) is 39.8 Å². The highest BCUT2D eigenvalue weighted by atomic mass is 32.2. The van der Waals surface area contributed by atoms with E-state index in [0.717, 1.165) is 54.0 Å². The van der Waals surface area contributed by atoms with Gasteiger partial charge >= 0.3 is 6.18 Å². The smallest absolute Gasteiger partial charge is 0.304 e. The van der Waals surface area contributed by atoms with Crippen LogP contribution in [0.1, 0.15) is 11.1 Å². The van der Waals surface area contributed by atoms with Gasteiger partial charge in [0.05, 0.1) is 10.5 Å². The average molecular weight is 462 g/mol. The van der Waals surface area contributed by atoms with E-state index in [1.54, 1.807) is 5.01 Å². The Labute approximate surface area is 179 Å². The van der Waals surface area contributed by atoms with Crippen molar-refractivity contribution in [2.45, 2.75) is 6.18 Å². The molecule has 12 heteroatoms. The van der Waals surface area contributed by atoms with Crippen molar-refractivity contribution in [2.24, 2.45) is 0 Å². The van der Waals surface area contributed by atoms with E-state index >= 15 is 0 Å². The first kappa shape index (κ1) is 22.7. The van der Waals surface area contributed by atoms with E-state index in [-0.39, 0.29) is 15.8 Å². The minimum Gasteiger partial charge on any atom is -0.304 e. The second kappa shape index (κ2) is 9.00. The number of thioether (sulfide) groups is 1. The van der Waals surface area contributed by atoms with Crippen LogP contribution in [-0.2, 0) is 15.8 Å². The lowest BCUT2D eigenvalue weighted by Crippen LogP contribution is -2.54. The molecule has 0 radical (unpaired) electrons. The summed E-state index contributed by atoms with van der Waals surface area (Å²) in [5.74, 6) is -2.32. The Morgan fingerprint density at radius 1 is 1.27 bits per heavy atom. The number of nitrogens with zero attached hydrogens (tertiary/aromatic N) is 3. The van der Waals surface area contributed by atoms with Crippen LogP contribution in [0.15, 0.2) is 23.1 Å². The lowest BCUT2D eigenvalue weighted by atomic mass is 10.1. The van der Waals surface area contributed by atoms with Crippen LogP contribution >= 0.6 is 24.0 Å². The molecule has 3 rings (SSSR count). The fourth-order valence-corrected chi connectivity index (χ4v) is 4.21. The number of halogens is 4. The minimum absolute atomic E-state index is 0.0182. The number of benzene rings is 1. The highest BCUT2D eigenvalue weighted by Crippen LogP contribution is 2.37. The summed E-state index contributed by atoms with van der Waals surface area (Å²) in [6, 6.07) is 2.56. The van der Waals surface area contributed by atoms with Gasteiger partial charge in [0.15, 0.2) is 0 Å². The summed E-state index contributed by atoms with van der Waals surface area (Å²) in [5, 5.41) is 1.73. The largest absolute Gasteiger partial charge is 0.417 e. The SMILES string of the molecule is CN1CCN(NC(=O)CN2C(=O)/C(=C/c3c(F)cccc3C(F)(F)F)SC2=S)CC1. The van der Waals surface area contributed by atoms with E-state index in [2.05, 4.69) is 10.3 Å². The molecule has 1 aromatic rings. The number of carbonyl (C=O) groups is 2. The maximum Gasteiger partial charge on any atom is 0.417 e. The highest BCUT2D eigenvalue weighted by molar-refractivity contribution is 8.26. The lowest BCUT2D eigenvalue weighted by Gasteiger charge is -2.32. The Kier molecular flexibility index (Phi) is 6.80. The lowest BCUT2D eigenvalue weighted by molar-refractivity contribution is -0.138. The zero-order valence-electron chi connectivity index (χ0n) is 15.8. The molecule has 30 heavy (non-hydrogen) atoms. The number of nitrogens with one attached hydrogen (secondary N) is 1. The third kappa shape index (κ3) is 5.17. The second-order valence-corrected chi connectivity index (χ2v) is 8.47. The van der Waals surface area contributed by atoms with Crippen LogP contribution in [0.5, 0.6) is 0 Å². The third-order valence-electron chi connectivity index (χ3n) is 4.60. The number of likely N-dealkylation sites (N-methyl/N-ethyl adjacent to an activating group) is 1. The van der Waals surface area contributed by atoms with Crippen molar-refractivity contribution in [3.05, 3.63) is 40.0 Å². The molecule has 162 valence electrons. The summed E-state index contributed by atoms with van der Waals surface area (Å²) in [4.78, 5) is 27.8. The van der Waals surface area contributed by atoms with Crippen molar-refractivity contribution in [3.63, 3.8) is 0 Å². The first-order chi connectivity index (χ1) is 14.1. The van der Waals surface area contributed by atoms with E-state index < -0.39 is 34.9 Å². The van der Waals surface area contributed by atoms with Crippen LogP contribution in [-0.4, -0.2) is 70.7 Å². The van der Waals surface area contributed by atoms with Gasteiger partial charge in [-0.05, 0) is 25.3 Å². The molecule has 0 aliphatic carbocycles. The standard InChI is InChI=1S/C18H18F4N4O2S2/c1-24-5-7-25(8-6-24)23-15(27)10-26-16(28)14(30-17(26)29)9-11-12(18(20,21)22)3-2-4-13(11)19/h2-4,9H,5-8,10H2,1H3,(H,23,27)/b14-9-. The fraction of sp³-hybridized carbons (Fsp3) is 0.389. The molecule has 2 saturated heterocycles. The van der Waals surface area contributed by atoms with E-state index in [1.165, 1.54) is 0 Å². The van der Waals surface area contributed by atoms with Crippen molar-refractivity contribution >= 4 is 46.2 Å². The van der Waals surface area contributed by atoms with Crippen LogP contribution in [0.25, 0.3) is 6.08 Å².